The molecule has 0 aliphatic carbocycles. The third kappa shape index (κ3) is 4.28. The van der Waals surface area contributed by atoms with E-state index in [1.165, 1.54) is 25.3 Å². The number of amides is 1. The minimum atomic E-state index is -0.496. The SMILES string of the molecule is COc1cc(/C=C(/C#N)C(=O)NCc2ccccc2)cc(Cl)c1O. The Balaban J connectivity index is 2.18. The fourth-order valence-corrected chi connectivity index (χ4v) is 2.24. The van der Waals surface area contributed by atoms with Crippen molar-refractivity contribution in [2.75, 3.05) is 7.11 Å². The predicted octanol–water partition coefficient (Wildman–Crippen LogP) is 3.28. The summed E-state index contributed by atoms with van der Waals surface area (Å²) < 4.78 is 5.00. The molecule has 0 bridgehead atoms. The number of benzene rings is 2. The first-order valence-corrected chi connectivity index (χ1v) is 7.43. The number of aromatic hydroxyl groups is 1. The van der Waals surface area contributed by atoms with E-state index < -0.39 is 5.91 Å². The molecule has 2 rings (SSSR count). The van der Waals surface area contributed by atoms with E-state index in [-0.39, 0.29) is 22.1 Å². The number of hydrogen-bond acceptors (Lipinski definition) is 4. The first-order chi connectivity index (χ1) is 11.5. The van der Waals surface area contributed by atoms with Crippen molar-refractivity contribution in [3.8, 4) is 17.6 Å². The summed E-state index contributed by atoms with van der Waals surface area (Å²) in [7, 11) is 1.39. The Bertz CT molecular complexity index is 811. The number of halogens is 1. The van der Waals surface area contributed by atoms with Crippen molar-refractivity contribution in [1.82, 2.24) is 5.32 Å². The normalized spacial score (nSPS) is 10.8. The van der Waals surface area contributed by atoms with E-state index >= 15 is 0 Å². The number of ether oxygens (including phenoxy) is 1. The maximum Gasteiger partial charge on any atom is 0.262 e. The second-order valence-electron chi connectivity index (χ2n) is 4.89. The number of carbonyl (C=O) groups excluding carboxylic acids is 1. The lowest BCUT2D eigenvalue weighted by atomic mass is 10.1. The summed E-state index contributed by atoms with van der Waals surface area (Å²) in [6, 6.07) is 14.2. The average Bonchev–Trinajstić information content (AvgIpc) is 2.61. The van der Waals surface area contributed by atoms with E-state index in [9.17, 15) is 15.2 Å². The van der Waals surface area contributed by atoms with Crippen LogP contribution < -0.4 is 10.1 Å². The topological polar surface area (TPSA) is 82.3 Å². The van der Waals surface area contributed by atoms with Crippen molar-refractivity contribution in [3.05, 3.63) is 64.2 Å². The van der Waals surface area contributed by atoms with E-state index in [2.05, 4.69) is 5.32 Å². The van der Waals surface area contributed by atoms with E-state index in [4.69, 9.17) is 16.3 Å². The Hall–Kier alpha value is -2.97. The maximum absolute atomic E-state index is 12.1. The standard InChI is InChI=1S/C18H15ClN2O3/c1-24-16-9-13(8-15(19)17(16)22)7-14(10-20)18(23)21-11-12-5-3-2-4-6-12/h2-9,22H,11H2,1H3,(H,21,23)/b14-7-. The number of phenolic OH excluding ortho intramolecular Hbond substituents is 1. The number of phenols is 1. The molecular weight excluding hydrogens is 328 g/mol. The van der Waals surface area contributed by atoms with Crippen LogP contribution in [0.1, 0.15) is 11.1 Å². The van der Waals surface area contributed by atoms with Gasteiger partial charge < -0.3 is 15.2 Å². The van der Waals surface area contributed by atoms with Crippen LogP contribution in [0.5, 0.6) is 11.5 Å². The zero-order chi connectivity index (χ0) is 17.5. The minimum absolute atomic E-state index is 0.0718. The Morgan fingerprint density at radius 1 is 1.38 bits per heavy atom. The van der Waals surface area contributed by atoms with Gasteiger partial charge >= 0.3 is 0 Å². The first-order valence-electron chi connectivity index (χ1n) is 7.05. The molecule has 0 spiro atoms. The van der Waals surface area contributed by atoms with Crippen LogP contribution in [0.4, 0.5) is 0 Å². The molecule has 2 aromatic carbocycles. The molecule has 122 valence electrons. The molecule has 5 nitrogen and oxygen atoms in total. The molecule has 24 heavy (non-hydrogen) atoms. The van der Waals surface area contributed by atoms with Gasteiger partial charge in [0.25, 0.3) is 5.91 Å². The highest BCUT2D eigenvalue weighted by molar-refractivity contribution is 6.32. The van der Waals surface area contributed by atoms with Gasteiger partial charge in [-0.15, -0.1) is 0 Å². The van der Waals surface area contributed by atoms with Gasteiger partial charge in [-0.05, 0) is 29.3 Å². The Morgan fingerprint density at radius 2 is 2.08 bits per heavy atom. The quantitative estimate of drug-likeness (QED) is 0.645. The van der Waals surface area contributed by atoms with Gasteiger partial charge in [0.15, 0.2) is 11.5 Å². The van der Waals surface area contributed by atoms with Crippen LogP contribution in [0.2, 0.25) is 5.02 Å². The van der Waals surface area contributed by atoms with Crippen molar-refractivity contribution in [1.29, 1.82) is 5.26 Å². The van der Waals surface area contributed by atoms with Crippen LogP contribution in [-0.4, -0.2) is 18.1 Å². The van der Waals surface area contributed by atoms with E-state index in [0.717, 1.165) is 5.56 Å². The highest BCUT2D eigenvalue weighted by Crippen LogP contribution is 2.35. The van der Waals surface area contributed by atoms with Gasteiger partial charge in [-0.3, -0.25) is 4.79 Å². The summed E-state index contributed by atoms with van der Waals surface area (Å²) in [5.41, 5.74) is 1.33. The number of nitriles is 1. The Kier molecular flexibility index (Phi) is 5.83. The molecule has 0 aliphatic heterocycles. The lowest BCUT2D eigenvalue weighted by molar-refractivity contribution is -0.117. The molecule has 1 amide bonds. The van der Waals surface area contributed by atoms with E-state index in [0.29, 0.717) is 12.1 Å². The number of methoxy groups -OCH3 is 1. The molecule has 2 N–H and O–H groups in total. The third-order valence-electron chi connectivity index (χ3n) is 3.24. The van der Waals surface area contributed by atoms with Crippen LogP contribution in [0, 0.1) is 11.3 Å². The Labute approximate surface area is 144 Å². The number of nitrogens with zero attached hydrogens (tertiary/aromatic N) is 1. The number of nitrogens with one attached hydrogen (secondary N) is 1. The summed E-state index contributed by atoms with van der Waals surface area (Å²) in [6.07, 6.45) is 1.38. The molecule has 0 unspecified atom stereocenters. The molecule has 6 heteroatoms. The van der Waals surface area contributed by atoms with Gasteiger partial charge in [-0.25, -0.2) is 0 Å². The summed E-state index contributed by atoms with van der Waals surface area (Å²) in [5, 5.41) is 21.7. The Morgan fingerprint density at radius 3 is 2.71 bits per heavy atom. The summed E-state index contributed by atoms with van der Waals surface area (Å²) in [5.74, 6) is -0.524. The smallest absolute Gasteiger partial charge is 0.262 e. The van der Waals surface area contributed by atoms with Crippen LogP contribution in [0.15, 0.2) is 48.0 Å². The van der Waals surface area contributed by atoms with Gasteiger partial charge in [-0.2, -0.15) is 5.26 Å². The van der Waals surface area contributed by atoms with Crippen molar-refractivity contribution >= 4 is 23.6 Å². The van der Waals surface area contributed by atoms with E-state index in [1.54, 1.807) is 0 Å². The predicted molar refractivity (Wildman–Crippen MR) is 91.5 cm³/mol. The molecule has 0 saturated carbocycles. The van der Waals surface area contributed by atoms with Crippen LogP contribution in [0.3, 0.4) is 0 Å². The van der Waals surface area contributed by atoms with Crippen molar-refractivity contribution < 1.29 is 14.6 Å². The van der Waals surface area contributed by atoms with Crippen molar-refractivity contribution in [2.24, 2.45) is 0 Å². The zero-order valence-electron chi connectivity index (χ0n) is 12.9. The lowest BCUT2D eigenvalue weighted by Gasteiger charge is -2.07. The molecule has 0 radical (unpaired) electrons. The molecule has 0 heterocycles. The first kappa shape index (κ1) is 17.4. The van der Waals surface area contributed by atoms with Crippen LogP contribution in [0.25, 0.3) is 6.08 Å². The van der Waals surface area contributed by atoms with Crippen LogP contribution in [-0.2, 0) is 11.3 Å². The van der Waals surface area contributed by atoms with Gasteiger partial charge in [0.1, 0.15) is 11.6 Å². The number of rotatable bonds is 5. The molecule has 0 aliphatic rings. The largest absolute Gasteiger partial charge is 0.503 e. The highest BCUT2D eigenvalue weighted by Gasteiger charge is 2.12. The molecule has 0 saturated heterocycles. The van der Waals surface area contributed by atoms with Gasteiger partial charge in [0.05, 0.1) is 12.1 Å². The lowest BCUT2D eigenvalue weighted by Crippen LogP contribution is -2.23. The van der Waals surface area contributed by atoms with Gasteiger partial charge in [0, 0.05) is 6.54 Å². The summed E-state index contributed by atoms with van der Waals surface area (Å²) in [4.78, 5) is 12.1. The van der Waals surface area contributed by atoms with Crippen molar-refractivity contribution in [2.45, 2.75) is 6.54 Å². The molecule has 0 aromatic heterocycles. The zero-order valence-corrected chi connectivity index (χ0v) is 13.7. The summed E-state index contributed by atoms with van der Waals surface area (Å²) in [6.45, 7) is 0.318. The second-order valence-corrected chi connectivity index (χ2v) is 5.30. The average molecular weight is 343 g/mol. The molecule has 0 atom stereocenters. The second kappa shape index (κ2) is 8.04. The fraction of sp³-hybridized carbons (Fsp3) is 0.111. The fourth-order valence-electron chi connectivity index (χ4n) is 2.02. The van der Waals surface area contributed by atoms with Gasteiger partial charge in [-0.1, -0.05) is 41.9 Å². The van der Waals surface area contributed by atoms with Crippen LogP contribution >= 0.6 is 11.6 Å². The maximum atomic E-state index is 12.1. The minimum Gasteiger partial charge on any atom is -0.503 e. The number of carbonyl (C=O) groups is 1. The third-order valence-corrected chi connectivity index (χ3v) is 3.53. The van der Waals surface area contributed by atoms with E-state index in [1.807, 2.05) is 36.4 Å². The number of hydrogen-bond donors (Lipinski definition) is 2. The highest BCUT2D eigenvalue weighted by atomic mass is 35.5. The van der Waals surface area contributed by atoms with Gasteiger partial charge in [0.2, 0.25) is 0 Å². The van der Waals surface area contributed by atoms with Crippen molar-refractivity contribution in [3.63, 3.8) is 0 Å². The monoisotopic (exact) mass is 342 g/mol. The molecule has 0 fully saturated rings. The summed E-state index contributed by atoms with van der Waals surface area (Å²) >= 11 is 5.90. The molecular formula is C18H15ClN2O3. The molecule has 2 aromatic rings.